The predicted octanol–water partition coefficient (Wildman–Crippen LogP) is 1.31. The summed E-state index contributed by atoms with van der Waals surface area (Å²) < 4.78 is 23.8. The number of H-pyrrole nitrogens is 1. The molecule has 15 heavy (non-hydrogen) atoms. The number of nitrogen functional groups attached to an aromatic ring is 1. The second-order valence-corrected chi connectivity index (χ2v) is 6.71. The molecule has 82 valence electrons. The number of nitrogens with zero attached hydrogens (tertiary/aromatic N) is 1. The molecular weight excluding hydrogens is 234 g/mol. The number of nitrogens with one attached hydrogen (secondary N) is 1. The van der Waals surface area contributed by atoms with Crippen molar-refractivity contribution < 1.29 is 8.42 Å². The summed E-state index contributed by atoms with van der Waals surface area (Å²) in [7, 11) is -3.17. The Labute approximate surface area is 91.2 Å². The number of fused-ring (bicyclic) bond motifs is 1. The lowest BCUT2D eigenvalue weighted by atomic mass is 10.3. The van der Waals surface area contributed by atoms with Crippen LogP contribution in [0.1, 0.15) is 12.5 Å². The van der Waals surface area contributed by atoms with E-state index in [4.69, 9.17) is 5.73 Å². The minimum absolute atomic E-state index is 0.0978. The highest BCUT2D eigenvalue weighted by molar-refractivity contribution is 7.93. The zero-order valence-electron chi connectivity index (χ0n) is 8.36. The van der Waals surface area contributed by atoms with Gasteiger partial charge in [0.1, 0.15) is 14.9 Å². The predicted molar refractivity (Wildman–Crippen MR) is 60.8 cm³/mol. The van der Waals surface area contributed by atoms with Gasteiger partial charge in [-0.25, -0.2) is 8.42 Å². The number of rotatable bonds is 2. The van der Waals surface area contributed by atoms with Crippen LogP contribution in [-0.2, 0) is 9.84 Å². The number of nitrogens with two attached hydrogens (primary N) is 1. The van der Waals surface area contributed by atoms with E-state index in [1.165, 1.54) is 11.3 Å². The van der Waals surface area contributed by atoms with Gasteiger partial charge in [-0.15, -0.1) is 11.3 Å². The molecule has 3 N–H and O–H groups in total. The highest BCUT2D eigenvalue weighted by Crippen LogP contribution is 2.35. The van der Waals surface area contributed by atoms with E-state index < -0.39 is 9.84 Å². The third-order valence-corrected chi connectivity index (χ3v) is 5.92. The first-order valence-corrected chi connectivity index (χ1v) is 6.90. The van der Waals surface area contributed by atoms with Crippen LogP contribution in [0.2, 0.25) is 0 Å². The highest BCUT2D eigenvalue weighted by Gasteiger charge is 2.22. The fourth-order valence-corrected chi connectivity index (χ4v) is 4.28. The quantitative estimate of drug-likeness (QED) is 0.834. The molecule has 0 atom stereocenters. The minimum Gasteiger partial charge on any atom is -0.384 e. The molecule has 2 aromatic heterocycles. The Hall–Kier alpha value is -1.08. The largest absolute Gasteiger partial charge is 0.384 e. The fourth-order valence-electron chi connectivity index (χ4n) is 1.47. The van der Waals surface area contributed by atoms with Crippen LogP contribution in [0.25, 0.3) is 10.2 Å². The Kier molecular flexibility index (Phi) is 2.23. The van der Waals surface area contributed by atoms with Gasteiger partial charge in [0.15, 0.2) is 9.84 Å². The van der Waals surface area contributed by atoms with Crippen LogP contribution < -0.4 is 5.73 Å². The van der Waals surface area contributed by atoms with Crippen molar-refractivity contribution in [1.82, 2.24) is 10.2 Å². The van der Waals surface area contributed by atoms with E-state index in [9.17, 15) is 8.42 Å². The Bertz CT molecular complexity index is 609. The normalized spacial score (nSPS) is 12.4. The zero-order chi connectivity index (χ0) is 11.2. The standard InChI is InChI=1S/C8H11N3O2S2/c1-3-15(12,13)8-4(2)5-6(9)10-11-7(5)14-8/h3H2,1-2H3,(H3,9,10,11). The minimum atomic E-state index is -3.17. The third-order valence-electron chi connectivity index (χ3n) is 2.29. The molecule has 2 rings (SSSR count). The molecule has 0 saturated carbocycles. The van der Waals surface area contributed by atoms with E-state index in [1.807, 2.05) is 0 Å². The Morgan fingerprint density at radius 3 is 2.73 bits per heavy atom. The molecule has 0 bridgehead atoms. The maximum atomic E-state index is 11.7. The van der Waals surface area contributed by atoms with Crippen molar-refractivity contribution in [3.63, 3.8) is 0 Å². The van der Waals surface area contributed by atoms with E-state index in [0.717, 1.165) is 5.39 Å². The molecule has 0 aliphatic heterocycles. The Balaban J connectivity index is 2.80. The van der Waals surface area contributed by atoms with Crippen molar-refractivity contribution in [2.24, 2.45) is 0 Å². The molecule has 2 heterocycles. The number of aromatic nitrogens is 2. The van der Waals surface area contributed by atoms with Gasteiger partial charge in [0.25, 0.3) is 0 Å². The van der Waals surface area contributed by atoms with Gasteiger partial charge in [0, 0.05) is 0 Å². The smallest absolute Gasteiger partial charge is 0.187 e. The lowest BCUT2D eigenvalue weighted by Gasteiger charge is -1.98. The second-order valence-electron chi connectivity index (χ2n) is 3.24. The molecular formula is C8H11N3O2S2. The average Bonchev–Trinajstić information content (AvgIpc) is 2.70. The molecule has 0 fully saturated rings. The van der Waals surface area contributed by atoms with Crippen molar-refractivity contribution in [1.29, 1.82) is 0 Å². The topological polar surface area (TPSA) is 88.8 Å². The number of thiophene rings is 1. The van der Waals surface area contributed by atoms with E-state index in [1.54, 1.807) is 13.8 Å². The van der Waals surface area contributed by atoms with Crippen LogP contribution in [0.4, 0.5) is 5.82 Å². The molecule has 7 heteroatoms. The highest BCUT2D eigenvalue weighted by atomic mass is 32.2. The monoisotopic (exact) mass is 245 g/mol. The summed E-state index contributed by atoms with van der Waals surface area (Å²) in [5.74, 6) is 0.525. The van der Waals surface area contributed by atoms with Gasteiger partial charge in [0.2, 0.25) is 0 Å². The van der Waals surface area contributed by atoms with Gasteiger partial charge < -0.3 is 5.73 Å². The summed E-state index contributed by atoms with van der Waals surface area (Å²) in [5.41, 5.74) is 6.37. The molecule has 0 unspecified atom stereocenters. The van der Waals surface area contributed by atoms with Crippen LogP contribution in [-0.4, -0.2) is 24.4 Å². The number of anilines is 1. The van der Waals surface area contributed by atoms with Crippen LogP contribution in [0.15, 0.2) is 4.21 Å². The molecule has 0 aliphatic carbocycles. The molecule has 5 nitrogen and oxygen atoms in total. The van der Waals surface area contributed by atoms with Crippen molar-refractivity contribution in [3.05, 3.63) is 5.56 Å². The number of sulfone groups is 1. The van der Waals surface area contributed by atoms with Gasteiger partial charge in [-0.05, 0) is 12.5 Å². The molecule has 0 aromatic carbocycles. The second kappa shape index (κ2) is 3.21. The number of aromatic amines is 1. The van der Waals surface area contributed by atoms with Gasteiger partial charge >= 0.3 is 0 Å². The van der Waals surface area contributed by atoms with Crippen LogP contribution in [0.5, 0.6) is 0 Å². The first-order valence-electron chi connectivity index (χ1n) is 4.43. The van der Waals surface area contributed by atoms with Gasteiger partial charge in [-0.1, -0.05) is 6.92 Å². The number of hydrogen-bond acceptors (Lipinski definition) is 5. The Morgan fingerprint density at radius 1 is 1.53 bits per heavy atom. The molecule has 0 aliphatic rings. The summed E-state index contributed by atoms with van der Waals surface area (Å²) in [4.78, 5) is 0.650. The van der Waals surface area contributed by atoms with Crippen molar-refractivity contribution >= 4 is 37.2 Å². The van der Waals surface area contributed by atoms with Crippen LogP contribution in [0.3, 0.4) is 0 Å². The molecule has 0 radical (unpaired) electrons. The van der Waals surface area contributed by atoms with Crippen LogP contribution in [0, 0.1) is 6.92 Å². The summed E-state index contributed by atoms with van der Waals surface area (Å²) in [6.07, 6.45) is 0. The third kappa shape index (κ3) is 1.42. The number of hydrogen-bond donors (Lipinski definition) is 2. The summed E-state index contributed by atoms with van der Waals surface area (Å²) >= 11 is 1.17. The average molecular weight is 245 g/mol. The molecule has 0 saturated heterocycles. The maximum Gasteiger partial charge on any atom is 0.187 e. The van der Waals surface area contributed by atoms with E-state index in [-0.39, 0.29) is 5.75 Å². The molecule has 0 amide bonds. The van der Waals surface area contributed by atoms with Gasteiger partial charge in [-0.2, -0.15) is 5.10 Å². The van der Waals surface area contributed by atoms with Crippen molar-refractivity contribution in [2.75, 3.05) is 11.5 Å². The van der Waals surface area contributed by atoms with Crippen LogP contribution >= 0.6 is 11.3 Å². The summed E-state index contributed by atoms with van der Waals surface area (Å²) in [6, 6.07) is 0. The number of aryl methyl sites for hydroxylation is 1. The van der Waals surface area contributed by atoms with E-state index in [2.05, 4.69) is 10.2 Å². The lowest BCUT2D eigenvalue weighted by Crippen LogP contribution is -2.02. The SMILES string of the molecule is CCS(=O)(=O)c1sc2n[nH]c(N)c2c1C. The van der Waals surface area contributed by atoms with Crippen molar-refractivity contribution in [3.8, 4) is 0 Å². The Morgan fingerprint density at radius 2 is 2.20 bits per heavy atom. The molecule has 0 spiro atoms. The maximum absolute atomic E-state index is 11.7. The summed E-state index contributed by atoms with van der Waals surface area (Å²) in [5, 5.41) is 7.32. The van der Waals surface area contributed by atoms with Gasteiger partial charge in [0.05, 0.1) is 11.1 Å². The first-order chi connectivity index (χ1) is 6.97. The van der Waals surface area contributed by atoms with Crippen molar-refractivity contribution in [2.45, 2.75) is 18.1 Å². The fraction of sp³-hybridized carbons (Fsp3) is 0.375. The van der Waals surface area contributed by atoms with E-state index >= 15 is 0 Å². The van der Waals surface area contributed by atoms with Gasteiger partial charge in [-0.3, -0.25) is 5.10 Å². The van der Waals surface area contributed by atoms with E-state index in [0.29, 0.717) is 20.4 Å². The summed E-state index contributed by atoms with van der Waals surface area (Å²) in [6.45, 7) is 3.38. The molecule has 2 aromatic rings. The zero-order valence-corrected chi connectivity index (χ0v) is 10.00. The first kappa shape index (κ1) is 10.4. The lowest BCUT2D eigenvalue weighted by molar-refractivity contribution is 0.599.